The topological polar surface area (TPSA) is 49.3 Å². The minimum atomic E-state index is -1.06. The Morgan fingerprint density at radius 1 is 1.25 bits per heavy atom. The maximum absolute atomic E-state index is 13.0. The Labute approximate surface area is 121 Å². The summed E-state index contributed by atoms with van der Waals surface area (Å²) < 4.78 is 13.0. The number of rotatable bonds is 5. The summed E-state index contributed by atoms with van der Waals surface area (Å²) in [7, 11) is 0. The molecule has 3 nitrogen and oxygen atoms in total. The first-order valence-corrected chi connectivity index (χ1v) is 6.41. The van der Waals surface area contributed by atoms with Crippen LogP contribution in [0.25, 0.3) is 0 Å². The molecule has 104 valence electrons. The van der Waals surface area contributed by atoms with E-state index in [0.29, 0.717) is 12.1 Å². The van der Waals surface area contributed by atoms with Gasteiger partial charge >= 0.3 is 5.97 Å². The lowest BCUT2D eigenvalue weighted by atomic mass is 10.1. The van der Waals surface area contributed by atoms with E-state index in [2.05, 4.69) is 5.32 Å². The first kappa shape index (κ1) is 14.5. The standard InChI is InChI=1S/C15H13ClFNO2/c16-13-8-11(17)6-7-12(13)14(15(19)20)18-9-10-4-2-1-3-5-10/h1-8,14,18H,9H2,(H,19,20). The first-order valence-electron chi connectivity index (χ1n) is 6.03. The highest BCUT2D eigenvalue weighted by atomic mass is 35.5. The summed E-state index contributed by atoms with van der Waals surface area (Å²) in [6.07, 6.45) is 0. The zero-order valence-corrected chi connectivity index (χ0v) is 11.3. The van der Waals surface area contributed by atoms with E-state index < -0.39 is 17.8 Å². The molecule has 2 aromatic rings. The normalized spacial score (nSPS) is 12.1. The summed E-state index contributed by atoms with van der Waals surface area (Å²) in [6, 6.07) is 12.1. The van der Waals surface area contributed by atoms with Gasteiger partial charge in [0.05, 0.1) is 0 Å². The number of carboxylic acid groups (broad SMARTS) is 1. The molecule has 0 heterocycles. The first-order chi connectivity index (χ1) is 9.58. The fraction of sp³-hybridized carbons (Fsp3) is 0.133. The zero-order valence-electron chi connectivity index (χ0n) is 10.5. The van der Waals surface area contributed by atoms with E-state index in [4.69, 9.17) is 11.6 Å². The zero-order chi connectivity index (χ0) is 14.5. The Balaban J connectivity index is 2.17. The van der Waals surface area contributed by atoms with Crippen molar-refractivity contribution in [3.05, 3.63) is 70.5 Å². The molecule has 0 amide bonds. The average molecular weight is 294 g/mol. The van der Waals surface area contributed by atoms with Gasteiger partial charge in [-0.25, -0.2) is 4.39 Å². The third kappa shape index (κ3) is 3.56. The van der Waals surface area contributed by atoms with Crippen LogP contribution in [0.4, 0.5) is 4.39 Å². The molecule has 2 aromatic carbocycles. The van der Waals surface area contributed by atoms with Crippen LogP contribution in [0, 0.1) is 5.82 Å². The van der Waals surface area contributed by atoms with Crippen molar-refractivity contribution in [2.45, 2.75) is 12.6 Å². The third-order valence-corrected chi connectivity index (χ3v) is 3.20. The minimum absolute atomic E-state index is 0.0953. The van der Waals surface area contributed by atoms with E-state index in [1.54, 1.807) is 0 Å². The number of hydrogen-bond acceptors (Lipinski definition) is 2. The van der Waals surface area contributed by atoms with Crippen LogP contribution < -0.4 is 5.32 Å². The molecule has 0 radical (unpaired) electrons. The van der Waals surface area contributed by atoms with Crippen LogP contribution in [-0.4, -0.2) is 11.1 Å². The molecule has 0 saturated carbocycles. The van der Waals surface area contributed by atoms with Gasteiger partial charge < -0.3 is 5.11 Å². The van der Waals surface area contributed by atoms with E-state index in [1.165, 1.54) is 12.1 Å². The quantitative estimate of drug-likeness (QED) is 0.888. The van der Waals surface area contributed by atoms with Crippen LogP contribution in [0.15, 0.2) is 48.5 Å². The molecule has 0 saturated heterocycles. The van der Waals surface area contributed by atoms with Crippen molar-refractivity contribution in [2.24, 2.45) is 0 Å². The summed E-state index contributed by atoms with van der Waals surface area (Å²) in [5.41, 5.74) is 1.30. The summed E-state index contributed by atoms with van der Waals surface area (Å²) >= 11 is 5.91. The smallest absolute Gasteiger partial charge is 0.325 e. The van der Waals surface area contributed by atoms with Crippen LogP contribution in [0.5, 0.6) is 0 Å². The summed E-state index contributed by atoms with van der Waals surface area (Å²) in [5.74, 6) is -1.56. The Hall–Kier alpha value is -1.91. The molecule has 5 heteroatoms. The molecule has 0 aromatic heterocycles. The minimum Gasteiger partial charge on any atom is -0.480 e. The lowest BCUT2D eigenvalue weighted by Crippen LogP contribution is -2.28. The monoisotopic (exact) mass is 293 g/mol. The van der Waals surface area contributed by atoms with Gasteiger partial charge in [0.2, 0.25) is 0 Å². The highest BCUT2D eigenvalue weighted by Crippen LogP contribution is 2.24. The van der Waals surface area contributed by atoms with Crippen molar-refractivity contribution in [2.75, 3.05) is 0 Å². The Morgan fingerprint density at radius 3 is 2.55 bits per heavy atom. The second kappa shape index (κ2) is 6.50. The molecule has 0 bridgehead atoms. The molecule has 0 aliphatic carbocycles. The van der Waals surface area contributed by atoms with Crippen molar-refractivity contribution in [1.82, 2.24) is 5.32 Å². The van der Waals surface area contributed by atoms with Crippen LogP contribution in [-0.2, 0) is 11.3 Å². The lowest BCUT2D eigenvalue weighted by molar-refractivity contribution is -0.139. The molecule has 2 N–H and O–H groups in total. The van der Waals surface area contributed by atoms with Gasteiger partial charge in [-0.1, -0.05) is 48.0 Å². The fourth-order valence-electron chi connectivity index (χ4n) is 1.88. The SMILES string of the molecule is O=C(O)C(NCc1ccccc1)c1ccc(F)cc1Cl. The van der Waals surface area contributed by atoms with Crippen LogP contribution >= 0.6 is 11.6 Å². The van der Waals surface area contributed by atoms with Gasteiger partial charge in [-0.2, -0.15) is 0 Å². The number of halogens is 2. The van der Waals surface area contributed by atoms with Crippen molar-refractivity contribution >= 4 is 17.6 Å². The second-order valence-electron chi connectivity index (χ2n) is 4.30. The summed E-state index contributed by atoms with van der Waals surface area (Å²) in [6.45, 7) is 0.380. The maximum Gasteiger partial charge on any atom is 0.325 e. The Kier molecular flexibility index (Phi) is 4.71. The van der Waals surface area contributed by atoms with Crippen molar-refractivity contribution in [3.63, 3.8) is 0 Å². The van der Waals surface area contributed by atoms with Crippen LogP contribution in [0.1, 0.15) is 17.2 Å². The number of benzene rings is 2. The molecule has 20 heavy (non-hydrogen) atoms. The fourth-order valence-corrected chi connectivity index (χ4v) is 2.16. The van der Waals surface area contributed by atoms with Crippen molar-refractivity contribution in [3.8, 4) is 0 Å². The Morgan fingerprint density at radius 2 is 1.95 bits per heavy atom. The molecule has 1 unspecified atom stereocenters. The summed E-state index contributed by atoms with van der Waals surface area (Å²) in [5, 5.41) is 12.3. The molecular formula is C15H13ClFNO2. The molecule has 2 rings (SSSR count). The van der Waals surface area contributed by atoms with Gasteiger partial charge in [-0.15, -0.1) is 0 Å². The van der Waals surface area contributed by atoms with Gasteiger partial charge in [0.1, 0.15) is 11.9 Å². The highest BCUT2D eigenvalue weighted by Gasteiger charge is 2.22. The number of carboxylic acids is 1. The number of nitrogens with one attached hydrogen (secondary N) is 1. The van der Waals surface area contributed by atoms with Gasteiger partial charge in [-0.3, -0.25) is 10.1 Å². The van der Waals surface area contributed by atoms with Crippen molar-refractivity contribution in [1.29, 1.82) is 0 Å². The second-order valence-corrected chi connectivity index (χ2v) is 4.71. The molecule has 0 spiro atoms. The number of carbonyl (C=O) groups is 1. The van der Waals surface area contributed by atoms with Crippen LogP contribution in [0.2, 0.25) is 5.02 Å². The highest BCUT2D eigenvalue weighted by molar-refractivity contribution is 6.31. The molecular weight excluding hydrogens is 281 g/mol. The van der Waals surface area contributed by atoms with E-state index in [1.807, 2.05) is 30.3 Å². The van der Waals surface area contributed by atoms with Gasteiger partial charge in [0, 0.05) is 11.6 Å². The Bertz CT molecular complexity index is 604. The van der Waals surface area contributed by atoms with E-state index in [9.17, 15) is 14.3 Å². The van der Waals surface area contributed by atoms with Gasteiger partial charge in [-0.05, 0) is 23.3 Å². The van der Waals surface area contributed by atoms with E-state index >= 15 is 0 Å². The van der Waals surface area contributed by atoms with Crippen LogP contribution in [0.3, 0.4) is 0 Å². The molecule has 0 aliphatic rings. The maximum atomic E-state index is 13.0. The van der Waals surface area contributed by atoms with E-state index in [-0.39, 0.29) is 5.02 Å². The van der Waals surface area contributed by atoms with Gasteiger partial charge in [0.25, 0.3) is 0 Å². The largest absolute Gasteiger partial charge is 0.480 e. The predicted molar refractivity (Wildman–Crippen MR) is 75.1 cm³/mol. The van der Waals surface area contributed by atoms with Crippen molar-refractivity contribution < 1.29 is 14.3 Å². The number of aliphatic carboxylic acids is 1. The summed E-state index contributed by atoms with van der Waals surface area (Å²) in [4.78, 5) is 11.3. The van der Waals surface area contributed by atoms with E-state index in [0.717, 1.165) is 11.6 Å². The molecule has 1 atom stereocenters. The molecule has 0 aliphatic heterocycles. The molecule has 0 fully saturated rings. The predicted octanol–water partition coefficient (Wildman–Crippen LogP) is 3.39. The van der Waals surface area contributed by atoms with Gasteiger partial charge in [0.15, 0.2) is 0 Å². The average Bonchev–Trinajstić information content (AvgIpc) is 2.42. The third-order valence-electron chi connectivity index (χ3n) is 2.87. The lowest BCUT2D eigenvalue weighted by Gasteiger charge is -2.16. The number of hydrogen-bond donors (Lipinski definition) is 2.